The third-order valence-corrected chi connectivity index (χ3v) is 5.78. The lowest BCUT2D eigenvalue weighted by atomic mass is 10.0. The molecule has 7 heteroatoms. The molecule has 0 saturated carbocycles. The number of methoxy groups -OCH3 is 1. The average molecular weight is 386 g/mol. The first kappa shape index (κ1) is 19.1. The molecule has 0 radical (unpaired) electrons. The van der Waals surface area contributed by atoms with Gasteiger partial charge in [-0.2, -0.15) is 0 Å². The summed E-state index contributed by atoms with van der Waals surface area (Å²) in [6.45, 7) is 4.09. The van der Waals surface area contributed by atoms with Crippen LogP contribution in [0.5, 0.6) is 5.75 Å². The van der Waals surface area contributed by atoms with Crippen molar-refractivity contribution < 1.29 is 17.7 Å². The molecular weight excluding hydrogens is 364 g/mol. The Morgan fingerprint density at radius 2 is 1.89 bits per heavy atom. The van der Waals surface area contributed by atoms with Crippen LogP contribution in [0, 0.1) is 6.92 Å². The second kappa shape index (κ2) is 7.94. The molecule has 1 aromatic heterocycles. The molecule has 0 aliphatic rings. The Hall–Kier alpha value is -2.64. The molecule has 1 unspecified atom stereocenters. The number of benzene rings is 2. The number of rotatable bonds is 7. The predicted molar refractivity (Wildman–Crippen MR) is 103 cm³/mol. The van der Waals surface area contributed by atoms with Crippen LogP contribution in [-0.2, 0) is 10.0 Å². The monoisotopic (exact) mass is 386 g/mol. The van der Waals surface area contributed by atoms with E-state index in [9.17, 15) is 8.42 Å². The minimum absolute atomic E-state index is 0.0448. The standard InChI is InChI=1S/C20H22N2O4S/c1-14(16-7-5-4-6-8-16)13-21-27(23,24)20-10-9-17(12-19(20)25-3)18-11-15(2)22-26-18/h4-12,14,21H,13H2,1-3H3. The largest absolute Gasteiger partial charge is 0.495 e. The van der Waals surface area contributed by atoms with Crippen molar-refractivity contribution >= 4 is 10.0 Å². The maximum atomic E-state index is 12.8. The Bertz CT molecular complexity index is 1010. The molecule has 1 heterocycles. The molecule has 0 fully saturated rings. The maximum absolute atomic E-state index is 12.8. The van der Waals surface area contributed by atoms with Crippen molar-refractivity contribution in [2.24, 2.45) is 0 Å². The summed E-state index contributed by atoms with van der Waals surface area (Å²) in [6.07, 6.45) is 0. The fourth-order valence-corrected chi connectivity index (χ4v) is 4.03. The third kappa shape index (κ3) is 4.37. The lowest BCUT2D eigenvalue weighted by Crippen LogP contribution is -2.28. The van der Waals surface area contributed by atoms with Crippen molar-refractivity contribution in [1.82, 2.24) is 9.88 Å². The van der Waals surface area contributed by atoms with Crippen molar-refractivity contribution in [3.63, 3.8) is 0 Å². The van der Waals surface area contributed by atoms with Gasteiger partial charge >= 0.3 is 0 Å². The first-order chi connectivity index (χ1) is 12.9. The van der Waals surface area contributed by atoms with E-state index in [1.807, 2.05) is 44.2 Å². The van der Waals surface area contributed by atoms with E-state index in [0.717, 1.165) is 11.3 Å². The van der Waals surface area contributed by atoms with Gasteiger partial charge in [0.15, 0.2) is 5.76 Å². The highest BCUT2D eigenvalue weighted by Gasteiger charge is 2.21. The molecule has 3 rings (SSSR count). The molecule has 0 aliphatic carbocycles. The van der Waals surface area contributed by atoms with E-state index in [2.05, 4.69) is 9.88 Å². The van der Waals surface area contributed by atoms with Crippen molar-refractivity contribution in [2.75, 3.05) is 13.7 Å². The van der Waals surface area contributed by atoms with Crippen LogP contribution in [0.15, 0.2) is 64.0 Å². The van der Waals surface area contributed by atoms with Crippen LogP contribution in [0.4, 0.5) is 0 Å². The highest BCUT2D eigenvalue weighted by atomic mass is 32.2. The molecule has 2 aromatic carbocycles. The summed E-state index contributed by atoms with van der Waals surface area (Å²) < 4.78 is 38.8. The summed E-state index contributed by atoms with van der Waals surface area (Å²) in [5, 5.41) is 3.85. The molecule has 0 spiro atoms. The number of nitrogens with one attached hydrogen (secondary N) is 1. The Morgan fingerprint density at radius 1 is 1.15 bits per heavy atom. The Balaban J connectivity index is 1.81. The lowest BCUT2D eigenvalue weighted by molar-refractivity contribution is 0.401. The predicted octanol–water partition coefficient (Wildman–Crippen LogP) is 3.74. The van der Waals surface area contributed by atoms with Gasteiger partial charge in [-0.1, -0.05) is 42.4 Å². The number of ether oxygens (including phenoxy) is 1. The van der Waals surface area contributed by atoms with Gasteiger partial charge in [-0.3, -0.25) is 0 Å². The van der Waals surface area contributed by atoms with Crippen LogP contribution in [0.25, 0.3) is 11.3 Å². The van der Waals surface area contributed by atoms with Gasteiger partial charge in [-0.25, -0.2) is 13.1 Å². The molecule has 6 nitrogen and oxygen atoms in total. The molecule has 0 amide bonds. The number of hydrogen-bond acceptors (Lipinski definition) is 5. The summed E-state index contributed by atoms with van der Waals surface area (Å²) in [5.74, 6) is 0.852. The summed E-state index contributed by atoms with van der Waals surface area (Å²) in [4.78, 5) is 0.0882. The van der Waals surface area contributed by atoms with Gasteiger partial charge in [0.05, 0.1) is 12.8 Å². The van der Waals surface area contributed by atoms with Gasteiger partial charge in [-0.05, 0) is 36.6 Å². The number of aryl methyl sites for hydroxylation is 1. The van der Waals surface area contributed by atoms with Crippen LogP contribution in [-0.4, -0.2) is 27.2 Å². The van der Waals surface area contributed by atoms with Crippen molar-refractivity contribution in [3.05, 3.63) is 65.9 Å². The highest BCUT2D eigenvalue weighted by Crippen LogP contribution is 2.30. The maximum Gasteiger partial charge on any atom is 0.244 e. The molecule has 0 saturated heterocycles. The summed E-state index contributed by atoms with van der Waals surface area (Å²) >= 11 is 0. The van der Waals surface area contributed by atoms with E-state index >= 15 is 0 Å². The second-order valence-corrected chi connectivity index (χ2v) is 8.10. The van der Waals surface area contributed by atoms with Crippen LogP contribution in [0.2, 0.25) is 0 Å². The Labute approximate surface area is 159 Å². The lowest BCUT2D eigenvalue weighted by Gasteiger charge is -2.15. The van der Waals surface area contributed by atoms with Gasteiger partial charge in [0.25, 0.3) is 0 Å². The van der Waals surface area contributed by atoms with E-state index < -0.39 is 10.0 Å². The number of hydrogen-bond donors (Lipinski definition) is 1. The van der Waals surface area contributed by atoms with Crippen molar-refractivity contribution in [3.8, 4) is 17.1 Å². The zero-order chi connectivity index (χ0) is 19.4. The van der Waals surface area contributed by atoms with Gasteiger partial charge in [-0.15, -0.1) is 0 Å². The second-order valence-electron chi connectivity index (χ2n) is 6.36. The number of nitrogens with zero attached hydrogens (tertiary/aromatic N) is 1. The number of sulfonamides is 1. The van der Waals surface area contributed by atoms with Crippen molar-refractivity contribution in [1.29, 1.82) is 0 Å². The highest BCUT2D eigenvalue weighted by molar-refractivity contribution is 7.89. The molecule has 27 heavy (non-hydrogen) atoms. The fourth-order valence-electron chi connectivity index (χ4n) is 2.75. The first-order valence-electron chi connectivity index (χ1n) is 8.57. The molecular formula is C20H22N2O4S. The third-order valence-electron chi connectivity index (χ3n) is 4.31. The van der Waals surface area contributed by atoms with Gasteiger partial charge in [0, 0.05) is 18.2 Å². The minimum atomic E-state index is -3.72. The van der Waals surface area contributed by atoms with Gasteiger partial charge < -0.3 is 9.26 Å². The Kier molecular flexibility index (Phi) is 5.62. The molecule has 1 N–H and O–H groups in total. The molecule has 1 atom stereocenters. The SMILES string of the molecule is COc1cc(-c2cc(C)no2)ccc1S(=O)(=O)NCC(C)c1ccccc1. The Morgan fingerprint density at radius 3 is 2.52 bits per heavy atom. The molecule has 142 valence electrons. The van der Waals surface area contributed by atoms with Crippen LogP contribution in [0.1, 0.15) is 24.1 Å². The average Bonchev–Trinajstić information content (AvgIpc) is 3.12. The molecule has 3 aromatic rings. The van der Waals surface area contributed by atoms with Crippen molar-refractivity contribution in [2.45, 2.75) is 24.7 Å². The van der Waals surface area contributed by atoms with E-state index in [1.54, 1.807) is 18.2 Å². The quantitative estimate of drug-likeness (QED) is 0.669. The smallest absolute Gasteiger partial charge is 0.244 e. The topological polar surface area (TPSA) is 81.4 Å². The van der Waals surface area contributed by atoms with E-state index in [1.165, 1.54) is 13.2 Å². The van der Waals surface area contributed by atoms with E-state index in [-0.39, 0.29) is 16.6 Å². The first-order valence-corrected chi connectivity index (χ1v) is 10.1. The molecule has 0 bridgehead atoms. The zero-order valence-electron chi connectivity index (χ0n) is 15.5. The summed E-state index contributed by atoms with van der Waals surface area (Å²) in [7, 11) is -2.28. The van der Waals surface area contributed by atoms with Crippen LogP contribution >= 0.6 is 0 Å². The summed E-state index contributed by atoms with van der Waals surface area (Å²) in [6, 6.07) is 16.4. The van der Waals surface area contributed by atoms with Crippen LogP contribution in [0.3, 0.4) is 0 Å². The van der Waals surface area contributed by atoms with Gasteiger partial charge in [0.1, 0.15) is 10.6 Å². The minimum Gasteiger partial charge on any atom is -0.495 e. The van der Waals surface area contributed by atoms with Gasteiger partial charge in [0.2, 0.25) is 10.0 Å². The normalized spacial score (nSPS) is 12.7. The molecule has 0 aliphatic heterocycles. The van der Waals surface area contributed by atoms with E-state index in [4.69, 9.17) is 9.26 Å². The number of aromatic nitrogens is 1. The van der Waals surface area contributed by atoms with E-state index in [0.29, 0.717) is 17.9 Å². The fraction of sp³-hybridized carbons (Fsp3) is 0.250. The zero-order valence-corrected chi connectivity index (χ0v) is 16.3. The summed E-state index contributed by atoms with van der Waals surface area (Å²) in [5.41, 5.74) is 2.52. The van der Waals surface area contributed by atoms with Crippen LogP contribution < -0.4 is 9.46 Å².